The largest absolute Gasteiger partial charge is 0.339 e. The SMILES string of the molecule is Cc1nc(-c2cccc(C(=O)N=S(C)(=O)Cc3ccc(C#N)cc3)c2)no1. The molecule has 8 heteroatoms. The Balaban J connectivity index is 1.84. The van der Waals surface area contributed by atoms with Gasteiger partial charge in [-0.15, -0.1) is 0 Å². The number of hydrogen-bond acceptors (Lipinski definition) is 6. The highest BCUT2D eigenvalue weighted by molar-refractivity contribution is 7.92. The first-order chi connectivity index (χ1) is 12.9. The lowest BCUT2D eigenvalue weighted by Crippen LogP contribution is -2.06. The summed E-state index contributed by atoms with van der Waals surface area (Å²) in [7, 11) is -2.78. The average molecular weight is 380 g/mol. The van der Waals surface area contributed by atoms with E-state index in [-0.39, 0.29) is 5.75 Å². The molecule has 0 saturated heterocycles. The Morgan fingerprint density at radius 2 is 2.00 bits per heavy atom. The van der Waals surface area contributed by atoms with Crippen LogP contribution in [0.1, 0.15) is 27.4 Å². The monoisotopic (exact) mass is 380 g/mol. The molecule has 0 aliphatic heterocycles. The number of nitrogens with zero attached hydrogens (tertiary/aromatic N) is 4. The maximum atomic E-state index is 12.8. The topological polar surface area (TPSA) is 109 Å². The van der Waals surface area contributed by atoms with Crippen molar-refractivity contribution in [1.29, 1.82) is 5.26 Å². The van der Waals surface area contributed by atoms with Crippen molar-refractivity contribution >= 4 is 15.6 Å². The molecule has 0 bridgehead atoms. The Bertz CT molecular complexity index is 1150. The Kier molecular flexibility index (Phi) is 5.14. The maximum Gasteiger partial charge on any atom is 0.285 e. The molecule has 2 aromatic carbocycles. The van der Waals surface area contributed by atoms with E-state index in [0.717, 1.165) is 5.56 Å². The van der Waals surface area contributed by atoms with E-state index in [2.05, 4.69) is 14.5 Å². The van der Waals surface area contributed by atoms with Crippen molar-refractivity contribution in [1.82, 2.24) is 10.1 Å². The van der Waals surface area contributed by atoms with Crippen molar-refractivity contribution in [2.24, 2.45) is 4.36 Å². The predicted octanol–water partition coefficient (Wildman–Crippen LogP) is 3.35. The van der Waals surface area contributed by atoms with Crippen LogP contribution in [0, 0.1) is 18.3 Å². The standard InChI is InChI=1S/C19H16N4O3S/c1-13-21-18(22-26-13)16-4-3-5-17(10-16)19(24)23-27(2,25)12-15-8-6-14(11-20)7-9-15/h3-10H,12H2,1-2H3. The van der Waals surface area contributed by atoms with Gasteiger partial charge in [0.1, 0.15) is 0 Å². The minimum atomic E-state index is -2.78. The van der Waals surface area contributed by atoms with Crippen molar-refractivity contribution in [2.75, 3.05) is 6.26 Å². The van der Waals surface area contributed by atoms with Crippen LogP contribution in [0.3, 0.4) is 0 Å². The lowest BCUT2D eigenvalue weighted by Gasteiger charge is -2.05. The summed E-state index contributed by atoms with van der Waals surface area (Å²) in [5, 5.41) is 12.7. The normalized spacial score (nSPS) is 12.8. The fourth-order valence-electron chi connectivity index (χ4n) is 2.45. The van der Waals surface area contributed by atoms with Crippen LogP contribution in [-0.4, -0.2) is 26.5 Å². The zero-order chi connectivity index (χ0) is 19.4. The second-order valence-electron chi connectivity index (χ2n) is 6.03. The zero-order valence-electron chi connectivity index (χ0n) is 14.7. The summed E-state index contributed by atoms with van der Waals surface area (Å²) in [5.41, 5.74) is 2.17. The summed E-state index contributed by atoms with van der Waals surface area (Å²) in [6.07, 6.45) is 1.44. The van der Waals surface area contributed by atoms with E-state index in [0.29, 0.717) is 28.4 Å². The Morgan fingerprint density at radius 1 is 1.26 bits per heavy atom. The van der Waals surface area contributed by atoms with Gasteiger partial charge in [-0.3, -0.25) is 4.79 Å². The van der Waals surface area contributed by atoms with Gasteiger partial charge in [0.05, 0.1) is 27.1 Å². The van der Waals surface area contributed by atoms with Crippen LogP contribution >= 0.6 is 0 Å². The Hall–Kier alpha value is -3.31. The number of nitriles is 1. The van der Waals surface area contributed by atoms with E-state index in [9.17, 15) is 9.00 Å². The van der Waals surface area contributed by atoms with Gasteiger partial charge in [0.25, 0.3) is 5.91 Å². The van der Waals surface area contributed by atoms with E-state index < -0.39 is 15.6 Å². The number of amides is 1. The number of aromatic nitrogens is 2. The first kappa shape index (κ1) is 18.5. The molecule has 0 spiro atoms. The summed E-state index contributed by atoms with van der Waals surface area (Å²) in [4.78, 5) is 16.6. The Labute approximate surface area is 156 Å². The molecule has 1 heterocycles. The van der Waals surface area contributed by atoms with Gasteiger partial charge in [0, 0.05) is 24.3 Å². The molecular weight excluding hydrogens is 364 g/mol. The molecule has 0 aliphatic carbocycles. The molecule has 0 fully saturated rings. The molecule has 136 valence electrons. The van der Waals surface area contributed by atoms with Gasteiger partial charge >= 0.3 is 0 Å². The highest BCUT2D eigenvalue weighted by Gasteiger charge is 2.13. The quantitative estimate of drug-likeness (QED) is 0.686. The summed E-state index contributed by atoms with van der Waals surface area (Å²) in [6, 6.07) is 15.3. The van der Waals surface area contributed by atoms with Crippen LogP contribution in [0.25, 0.3) is 11.4 Å². The van der Waals surface area contributed by atoms with Crippen molar-refractivity contribution in [3.05, 3.63) is 71.1 Å². The van der Waals surface area contributed by atoms with Gasteiger partial charge in [0.15, 0.2) is 0 Å². The highest BCUT2D eigenvalue weighted by Crippen LogP contribution is 2.18. The second kappa shape index (κ2) is 7.51. The van der Waals surface area contributed by atoms with Gasteiger partial charge in [-0.1, -0.05) is 29.4 Å². The Morgan fingerprint density at radius 3 is 2.63 bits per heavy atom. The third kappa shape index (κ3) is 4.65. The molecule has 3 aromatic rings. The summed E-state index contributed by atoms with van der Waals surface area (Å²) < 4.78 is 21.6. The third-order valence-electron chi connectivity index (χ3n) is 3.69. The van der Waals surface area contributed by atoms with Crippen LogP contribution in [0.4, 0.5) is 0 Å². The lowest BCUT2D eigenvalue weighted by atomic mass is 10.1. The molecular formula is C19H16N4O3S. The number of rotatable bonds is 4. The van der Waals surface area contributed by atoms with E-state index in [4.69, 9.17) is 9.78 Å². The zero-order valence-corrected chi connectivity index (χ0v) is 15.6. The van der Waals surface area contributed by atoms with Gasteiger partial charge in [0.2, 0.25) is 11.7 Å². The molecule has 1 aromatic heterocycles. The van der Waals surface area contributed by atoms with Crippen molar-refractivity contribution < 1.29 is 13.5 Å². The van der Waals surface area contributed by atoms with Crippen LogP contribution in [0.15, 0.2) is 57.4 Å². The number of aryl methyl sites for hydroxylation is 1. The van der Waals surface area contributed by atoms with Crippen LogP contribution < -0.4 is 0 Å². The maximum absolute atomic E-state index is 12.8. The highest BCUT2D eigenvalue weighted by atomic mass is 32.2. The van der Waals surface area contributed by atoms with E-state index in [1.807, 2.05) is 6.07 Å². The first-order valence-electron chi connectivity index (χ1n) is 8.00. The number of carbonyl (C=O) groups excluding carboxylic acids is 1. The average Bonchev–Trinajstić information content (AvgIpc) is 3.08. The molecule has 7 nitrogen and oxygen atoms in total. The second-order valence-corrected chi connectivity index (χ2v) is 8.42. The number of carbonyl (C=O) groups is 1. The number of benzene rings is 2. The molecule has 0 radical (unpaired) electrons. The molecule has 1 unspecified atom stereocenters. The molecule has 27 heavy (non-hydrogen) atoms. The molecule has 0 saturated carbocycles. The molecule has 1 amide bonds. The van der Waals surface area contributed by atoms with Crippen LogP contribution in [0.5, 0.6) is 0 Å². The predicted molar refractivity (Wildman–Crippen MR) is 100 cm³/mol. The summed E-state index contributed by atoms with van der Waals surface area (Å²) >= 11 is 0. The van der Waals surface area contributed by atoms with Crippen LogP contribution in [0.2, 0.25) is 0 Å². The minimum absolute atomic E-state index is 0.119. The first-order valence-corrected chi connectivity index (χ1v) is 10.1. The van der Waals surface area contributed by atoms with Gasteiger partial charge < -0.3 is 4.52 Å². The molecule has 3 rings (SSSR count). The van der Waals surface area contributed by atoms with Gasteiger partial charge in [-0.2, -0.15) is 14.6 Å². The van der Waals surface area contributed by atoms with Crippen molar-refractivity contribution in [3.8, 4) is 17.5 Å². The fourth-order valence-corrected chi connectivity index (χ4v) is 3.78. The van der Waals surface area contributed by atoms with E-state index in [1.165, 1.54) is 6.26 Å². The lowest BCUT2D eigenvalue weighted by molar-refractivity contribution is 0.100. The summed E-state index contributed by atoms with van der Waals surface area (Å²) in [5.74, 6) is 0.342. The molecule has 0 aliphatic rings. The fraction of sp³-hybridized carbons (Fsp3) is 0.158. The molecule has 1 atom stereocenters. The summed E-state index contributed by atoms with van der Waals surface area (Å²) in [6.45, 7) is 1.68. The van der Waals surface area contributed by atoms with E-state index in [1.54, 1.807) is 55.5 Å². The van der Waals surface area contributed by atoms with Crippen molar-refractivity contribution in [2.45, 2.75) is 12.7 Å². The van der Waals surface area contributed by atoms with E-state index >= 15 is 0 Å². The van der Waals surface area contributed by atoms with Crippen LogP contribution in [-0.2, 0) is 15.5 Å². The molecule has 0 N–H and O–H groups in total. The van der Waals surface area contributed by atoms with Gasteiger partial charge in [-0.05, 0) is 29.8 Å². The third-order valence-corrected chi connectivity index (χ3v) is 5.11. The number of hydrogen-bond donors (Lipinski definition) is 0. The van der Waals surface area contributed by atoms with Gasteiger partial charge in [-0.25, -0.2) is 4.21 Å². The minimum Gasteiger partial charge on any atom is -0.339 e. The van der Waals surface area contributed by atoms with Crippen molar-refractivity contribution in [3.63, 3.8) is 0 Å². The smallest absolute Gasteiger partial charge is 0.285 e.